The van der Waals surface area contributed by atoms with Gasteiger partial charge in [-0.05, 0) is 41.3 Å². The lowest BCUT2D eigenvalue weighted by Gasteiger charge is -2.23. The third-order valence-corrected chi connectivity index (χ3v) is 6.13. The van der Waals surface area contributed by atoms with E-state index in [1.54, 1.807) is 21.7 Å². The van der Waals surface area contributed by atoms with Gasteiger partial charge in [0, 0.05) is 28.4 Å². The van der Waals surface area contributed by atoms with E-state index in [2.05, 4.69) is 12.1 Å². The number of carboxylic acids is 1. The molecule has 0 bridgehead atoms. The molecule has 1 amide bonds. The average Bonchev–Trinajstić information content (AvgIpc) is 3.08. The van der Waals surface area contributed by atoms with Gasteiger partial charge in [-0.15, -0.1) is 0 Å². The van der Waals surface area contributed by atoms with Gasteiger partial charge in [0.05, 0.1) is 6.54 Å². The molecule has 1 aliphatic rings. The smallest absolute Gasteiger partial charge is 0.323 e. The summed E-state index contributed by atoms with van der Waals surface area (Å²) in [7, 11) is 0. The minimum atomic E-state index is -0.965. The van der Waals surface area contributed by atoms with Gasteiger partial charge in [0.2, 0.25) is 0 Å². The third kappa shape index (κ3) is 3.84. The van der Waals surface area contributed by atoms with Crippen LogP contribution >= 0.6 is 0 Å². The van der Waals surface area contributed by atoms with Crippen molar-refractivity contribution >= 4 is 34.5 Å². The van der Waals surface area contributed by atoms with Crippen molar-refractivity contribution in [3.63, 3.8) is 0 Å². The number of aliphatic carboxylic acids is 1. The van der Waals surface area contributed by atoms with Crippen LogP contribution in [0.2, 0.25) is 0 Å². The first-order valence-corrected chi connectivity index (χ1v) is 10.9. The van der Waals surface area contributed by atoms with Gasteiger partial charge in [0.25, 0.3) is 5.91 Å². The number of carbonyl (C=O) groups excluding carboxylic acids is 1. The molecule has 0 fully saturated rings. The van der Waals surface area contributed by atoms with Crippen molar-refractivity contribution in [2.75, 3.05) is 4.90 Å². The number of hydrogen-bond donors (Lipinski definition) is 1. The van der Waals surface area contributed by atoms with Gasteiger partial charge in [0.15, 0.2) is 0 Å². The van der Waals surface area contributed by atoms with Crippen LogP contribution < -0.4 is 4.90 Å². The molecule has 0 saturated heterocycles. The largest absolute Gasteiger partial charge is 0.480 e. The van der Waals surface area contributed by atoms with Gasteiger partial charge in [0.1, 0.15) is 18.2 Å². The fraction of sp³-hybridized carbons (Fsp3) is 0.107. The van der Waals surface area contributed by atoms with Crippen molar-refractivity contribution in [3.8, 4) is 6.07 Å². The van der Waals surface area contributed by atoms with Crippen LogP contribution in [-0.4, -0.2) is 21.6 Å². The van der Waals surface area contributed by atoms with Crippen molar-refractivity contribution < 1.29 is 14.7 Å². The van der Waals surface area contributed by atoms with Gasteiger partial charge < -0.3 is 14.6 Å². The highest BCUT2D eigenvalue weighted by atomic mass is 16.4. The number of aromatic nitrogens is 1. The summed E-state index contributed by atoms with van der Waals surface area (Å²) in [5, 5.41) is 20.0. The summed E-state index contributed by atoms with van der Waals surface area (Å²) < 4.78 is 1.61. The molecule has 6 nitrogen and oxygen atoms in total. The molecule has 2 heterocycles. The number of carboxylic acid groups (broad SMARTS) is 1. The molecule has 0 radical (unpaired) electrons. The molecule has 4 aromatic rings. The summed E-state index contributed by atoms with van der Waals surface area (Å²) in [6.07, 6.45) is 3.95. The van der Waals surface area contributed by atoms with Gasteiger partial charge >= 0.3 is 5.97 Å². The number of para-hydroxylation sites is 2. The van der Waals surface area contributed by atoms with Crippen LogP contribution in [0.3, 0.4) is 0 Å². The molecule has 3 aromatic carbocycles. The Balaban J connectivity index is 1.59. The number of anilines is 1. The Kier molecular flexibility index (Phi) is 5.44. The van der Waals surface area contributed by atoms with Crippen molar-refractivity contribution in [1.82, 2.24) is 4.57 Å². The Hall–Kier alpha value is -4.63. The zero-order valence-corrected chi connectivity index (χ0v) is 18.3. The molecular formula is C28H21N3O3. The van der Waals surface area contributed by atoms with Crippen LogP contribution in [0.1, 0.15) is 22.3 Å². The van der Waals surface area contributed by atoms with Crippen LogP contribution in [0.25, 0.3) is 17.0 Å². The predicted molar refractivity (Wildman–Crippen MR) is 130 cm³/mol. The van der Waals surface area contributed by atoms with Crippen molar-refractivity contribution in [3.05, 3.63) is 107 Å². The van der Waals surface area contributed by atoms with Crippen molar-refractivity contribution in [1.29, 1.82) is 5.26 Å². The molecule has 34 heavy (non-hydrogen) atoms. The monoisotopic (exact) mass is 447 g/mol. The van der Waals surface area contributed by atoms with Gasteiger partial charge in [-0.25, -0.2) is 0 Å². The predicted octanol–water partition coefficient (Wildman–Crippen LogP) is 4.77. The van der Waals surface area contributed by atoms with E-state index in [1.807, 2.05) is 66.7 Å². The van der Waals surface area contributed by atoms with E-state index >= 15 is 0 Å². The first-order chi connectivity index (χ1) is 16.5. The second-order valence-corrected chi connectivity index (χ2v) is 8.26. The molecular weight excluding hydrogens is 426 g/mol. The number of nitrogens with zero attached hydrogens (tertiary/aromatic N) is 3. The van der Waals surface area contributed by atoms with E-state index in [1.165, 1.54) is 0 Å². The van der Waals surface area contributed by atoms with Crippen LogP contribution in [0.4, 0.5) is 5.69 Å². The lowest BCUT2D eigenvalue weighted by atomic mass is 10.0. The number of nitriles is 1. The quantitative estimate of drug-likeness (QED) is 0.361. The molecule has 0 spiro atoms. The number of benzene rings is 3. The maximum Gasteiger partial charge on any atom is 0.323 e. The summed E-state index contributed by atoms with van der Waals surface area (Å²) in [4.78, 5) is 26.7. The standard InChI is InChI=1S/C28H21N3O3/c29-15-22(14-23-16-30(18-27(32)33)26-12-6-4-10-24(23)26)28(34)31-17-21-9-2-1-7-19(21)13-20-8-3-5-11-25(20)31/h1-12,14,16H,13,17-18H2,(H,32,33). The summed E-state index contributed by atoms with van der Waals surface area (Å²) in [5.74, 6) is -1.35. The normalized spacial score (nSPS) is 13.0. The molecule has 166 valence electrons. The van der Waals surface area contributed by atoms with Gasteiger partial charge in [-0.3, -0.25) is 9.59 Å². The highest BCUT2D eigenvalue weighted by Crippen LogP contribution is 2.32. The topological polar surface area (TPSA) is 86.3 Å². The Morgan fingerprint density at radius 1 is 0.941 bits per heavy atom. The average molecular weight is 447 g/mol. The molecule has 0 atom stereocenters. The lowest BCUT2D eigenvalue weighted by Crippen LogP contribution is -2.31. The zero-order chi connectivity index (χ0) is 23.7. The summed E-state index contributed by atoms with van der Waals surface area (Å²) in [6, 6.07) is 25.2. The van der Waals surface area contributed by atoms with E-state index in [4.69, 9.17) is 0 Å². The van der Waals surface area contributed by atoms with Gasteiger partial charge in [-0.1, -0.05) is 60.7 Å². The Morgan fingerprint density at radius 3 is 2.38 bits per heavy atom. The molecule has 6 heteroatoms. The van der Waals surface area contributed by atoms with E-state index < -0.39 is 5.97 Å². The van der Waals surface area contributed by atoms with Crippen molar-refractivity contribution in [2.45, 2.75) is 19.5 Å². The number of hydrogen-bond acceptors (Lipinski definition) is 3. The molecule has 0 saturated carbocycles. The Labute approximate surface area is 196 Å². The molecule has 0 aliphatic carbocycles. The summed E-state index contributed by atoms with van der Waals surface area (Å²) in [6.45, 7) is 0.159. The van der Waals surface area contributed by atoms with Crippen LogP contribution in [-0.2, 0) is 29.1 Å². The van der Waals surface area contributed by atoms with E-state index in [-0.39, 0.29) is 18.0 Å². The maximum atomic E-state index is 13.7. The highest BCUT2D eigenvalue weighted by Gasteiger charge is 2.26. The summed E-state index contributed by atoms with van der Waals surface area (Å²) >= 11 is 0. The first kappa shape index (κ1) is 21.2. The molecule has 5 rings (SSSR count). The van der Waals surface area contributed by atoms with E-state index in [9.17, 15) is 20.0 Å². The van der Waals surface area contributed by atoms with Crippen LogP contribution in [0.15, 0.2) is 84.6 Å². The Morgan fingerprint density at radius 2 is 1.62 bits per heavy atom. The summed E-state index contributed by atoms with van der Waals surface area (Å²) in [5.41, 5.74) is 5.37. The molecule has 0 unspecified atom stereocenters. The molecule has 1 aromatic heterocycles. The van der Waals surface area contributed by atoms with Crippen molar-refractivity contribution in [2.24, 2.45) is 0 Å². The van der Waals surface area contributed by atoms with Crippen LogP contribution in [0.5, 0.6) is 0 Å². The highest BCUT2D eigenvalue weighted by molar-refractivity contribution is 6.12. The zero-order valence-electron chi connectivity index (χ0n) is 18.3. The minimum absolute atomic E-state index is 0.00703. The maximum absolute atomic E-state index is 13.7. The number of fused-ring (bicyclic) bond motifs is 3. The SMILES string of the molecule is N#CC(=Cc1cn(CC(=O)O)c2ccccc12)C(=O)N1Cc2ccccc2Cc2ccccc21. The first-order valence-electron chi connectivity index (χ1n) is 10.9. The molecule has 1 N–H and O–H groups in total. The lowest BCUT2D eigenvalue weighted by molar-refractivity contribution is -0.137. The Bertz CT molecular complexity index is 1510. The van der Waals surface area contributed by atoms with E-state index in [0.717, 1.165) is 33.3 Å². The van der Waals surface area contributed by atoms with E-state index in [0.29, 0.717) is 18.5 Å². The second kappa shape index (κ2) is 8.72. The number of carbonyl (C=O) groups is 2. The van der Waals surface area contributed by atoms with Gasteiger partial charge in [-0.2, -0.15) is 5.26 Å². The third-order valence-electron chi connectivity index (χ3n) is 6.13. The second-order valence-electron chi connectivity index (χ2n) is 8.26. The molecule has 1 aliphatic heterocycles. The minimum Gasteiger partial charge on any atom is -0.480 e. The number of rotatable bonds is 4. The number of amides is 1. The fourth-order valence-corrected chi connectivity index (χ4v) is 4.56. The van der Waals surface area contributed by atoms with Crippen LogP contribution in [0, 0.1) is 11.3 Å². The fourth-order valence-electron chi connectivity index (χ4n) is 4.56.